The minimum absolute atomic E-state index is 0.125. The molecule has 0 saturated heterocycles. The van der Waals surface area contributed by atoms with Gasteiger partial charge in [-0.15, -0.1) is 0 Å². The Hall–Kier alpha value is -3.30. The molecule has 1 aliphatic carbocycles. The van der Waals surface area contributed by atoms with Gasteiger partial charge >= 0.3 is 6.18 Å². The molecule has 31 heavy (non-hydrogen) atoms. The zero-order valence-corrected chi connectivity index (χ0v) is 16.6. The number of carbonyl (C=O) groups is 1. The van der Waals surface area contributed by atoms with Crippen molar-refractivity contribution in [3.63, 3.8) is 0 Å². The van der Waals surface area contributed by atoms with Gasteiger partial charge in [0.05, 0.1) is 17.9 Å². The van der Waals surface area contributed by atoms with Crippen molar-refractivity contribution in [2.24, 2.45) is 13.0 Å². The first-order valence-corrected chi connectivity index (χ1v) is 9.51. The number of aromatic nitrogens is 3. The molecule has 6 nitrogen and oxygen atoms in total. The fourth-order valence-electron chi connectivity index (χ4n) is 3.48. The molecule has 0 aromatic carbocycles. The number of nitrogens with zero attached hydrogens (tertiary/aromatic N) is 3. The maximum Gasteiger partial charge on any atom is 0.394 e. The number of amides is 1. The summed E-state index contributed by atoms with van der Waals surface area (Å²) < 4.78 is 52.3. The number of halogens is 4. The number of anilines is 1. The van der Waals surface area contributed by atoms with Gasteiger partial charge in [-0.1, -0.05) is 0 Å². The molecule has 3 aromatic rings. The standard InChI is InChI=1S/C21H18F4N4O2/c1-10-3-12(7-21(23,24)25)26-9-15(10)13-4-11-8-27-18(6-17(11)29(2)20(13)31)28-19(30)14-5-16(14)22/h3-4,6,8-9,14,16H,5,7H2,1-2H3,(H,27,28,30). The maximum absolute atomic E-state index is 13.1. The fourth-order valence-corrected chi connectivity index (χ4v) is 3.48. The van der Waals surface area contributed by atoms with E-state index in [0.717, 1.165) is 0 Å². The molecule has 2 unspecified atom stereocenters. The highest BCUT2D eigenvalue weighted by atomic mass is 19.4. The fraction of sp³-hybridized carbons (Fsp3) is 0.333. The van der Waals surface area contributed by atoms with Gasteiger partial charge in [0.15, 0.2) is 0 Å². The van der Waals surface area contributed by atoms with Crippen molar-refractivity contribution in [1.82, 2.24) is 14.5 Å². The average molecular weight is 434 g/mol. The first kappa shape index (κ1) is 21.0. The summed E-state index contributed by atoms with van der Waals surface area (Å²) in [6.07, 6.45) is -3.73. The molecular formula is C21H18F4N4O2. The molecular weight excluding hydrogens is 416 g/mol. The lowest BCUT2D eigenvalue weighted by Gasteiger charge is -2.13. The second kappa shape index (κ2) is 7.44. The summed E-state index contributed by atoms with van der Waals surface area (Å²) >= 11 is 0. The van der Waals surface area contributed by atoms with Crippen molar-refractivity contribution in [2.45, 2.75) is 32.1 Å². The van der Waals surface area contributed by atoms with Crippen LogP contribution in [0.3, 0.4) is 0 Å². The van der Waals surface area contributed by atoms with Gasteiger partial charge < -0.3 is 9.88 Å². The number of hydrogen-bond acceptors (Lipinski definition) is 4. The van der Waals surface area contributed by atoms with Crippen molar-refractivity contribution in [3.05, 3.63) is 52.2 Å². The average Bonchev–Trinajstić information content (AvgIpc) is 3.41. The van der Waals surface area contributed by atoms with Crippen molar-refractivity contribution in [3.8, 4) is 11.1 Å². The first-order valence-electron chi connectivity index (χ1n) is 9.51. The van der Waals surface area contributed by atoms with E-state index in [1.807, 2.05) is 0 Å². The summed E-state index contributed by atoms with van der Waals surface area (Å²) in [5.41, 5.74) is 1.18. The van der Waals surface area contributed by atoms with E-state index in [1.54, 1.807) is 20.0 Å². The normalized spacial score (nSPS) is 18.3. The van der Waals surface area contributed by atoms with Crippen LogP contribution in [-0.4, -0.2) is 32.8 Å². The molecule has 0 bridgehead atoms. The third kappa shape index (κ3) is 4.28. The number of aryl methyl sites for hydroxylation is 2. The zero-order valence-electron chi connectivity index (χ0n) is 16.6. The third-order valence-corrected chi connectivity index (χ3v) is 5.25. The summed E-state index contributed by atoms with van der Waals surface area (Å²) in [5, 5.41) is 3.13. The van der Waals surface area contributed by atoms with Gasteiger partial charge in [-0.05, 0) is 31.0 Å². The number of hydrogen-bond donors (Lipinski definition) is 1. The van der Waals surface area contributed by atoms with Crippen molar-refractivity contribution in [2.75, 3.05) is 5.32 Å². The summed E-state index contributed by atoms with van der Waals surface area (Å²) in [5.74, 6) is -0.921. The molecule has 0 radical (unpaired) electrons. The Morgan fingerprint density at radius 3 is 2.52 bits per heavy atom. The van der Waals surface area contributed by atoms with Crippen LogP contribution in [0.2, 0.25) is 0 Å². The molecule has 10 heteroatoms. The monoisotopic (exact) mass is 434 g/mol. The first-order chi connectivity index (χ1) is 14.5. The van der Waals surface area contributed by atoms with E-state index in [0.29, 0.717) is 22.0 Å². The largest absolute Gasteiger partial charge is 0.394 e. The molecule has 4 rings (SSSR count). The van der Waals surface area contributed by atoms with E-state index in [-0.39, 0.29) is 29.1 Å². The van der Waals surface area contributed by atoms with Gasteiger partial charge in [0.2, 0.25) is 5.91 Å². The Kier molecular flexibility index (Phi) is 5.03. The van der Waals surface area contributed by atoms with Gasteiger partial charge in [0.25, 0.3) is 5.56 Å². The lowest BCUT2D eigenvalue weighted by Crippen LogP contribution is -2.20. The molecule has 3 heterocycles. The second-order valence-corrected chi connectivity index (χ2v) is 7.68. The molecule has 1 saturated carbocycles. The maximum atomic E-state index is 13.1. The Bertz CT molecular complexity index is 1250. The van der Waals surface area contributed by atoms with Crippen LogP contribution < -0.4 is 10.9 Å². The number of carbonyl (C=O) groups excluding carboxylic acids is 1. The van der Waals surface area contributed by atoms with Crippen LogP contribution in [0.5, 0.6) is 0 Å². The van der Waals surface area contributed by atoms with Gasteiger partial charge in [-0.2, -0.15) is 13.2 Å². The van der Waals surface area contributed by atoms with E-state index in [1.165, 1.54) is 29.1 Å². The van der Waals surface area contributed by atoms with Crippen LogP contribution in [0.15, 0.2) is 35.4 Å². The predicted octanol–water partition coefficient (Wildman–Crippen LogP) is 3.71. The van der Waals surface area contributed by atoms with Crippen LogP contribution in [0.1, 0.15) is 17.7 Å². The van der Waals surface area contributed by atoms with E-state index in [2.05, 4.69) is 15.3 Å². The quantitative estimate of drug-likeness (QED) is 0.636. The summed E-state index contributed by atoms with van der Waals surface area (Å²) in [4.78, 5) is 32.9. The number of rotatable bonds is 4. The molecule has 1 fully saturated rings. The highest BCUT2D eigenvalue weighted by Gasteiger charge is 2.43. The zero-order chi connectivity index (χ0) is 22.5. The number of nitrogens with one attached hydrogen (secondary N) is 1. The Labute approximate surface area is 173 Å². The SMILES string of the molecule is Cc1cc(CC(F)(F)F)ncc1-c1cc2cnc(NC(=O)C3CC3F)cc2n(C)c1=O. The van der Waals surface area contributed by atoms with Crippen LogP contribution >= 0.6 is 0 Å². The highest BCUT2D eigenvalue weighted by molar-refractivity contribution is 5.95. The lowest BCUT2D eigenvalue weighted by molar-refractivity contribution is -0.127. The van der Waals surface area contributed by atoms with Crippen molar-refractivity contribution in [1.29, 1.82) is 0 Å². The smallest absolute Gasteiger partial charge is 0.311 e. The summed E-state index contributed by atoms with van der Waals surface area (Å²) in [7, 11) is 1.54. The molecule has 2 atom stereocenters. The van der Waals surface area contributed by atoms with Gasteiger partial charge in [-0.3, -0.25) is 14.6 Å². The van der Waals surface area contributed by atoms with Gasteiger partial charge in [-0.25, -0.2) is 9.37 Å². The third-order valence-electron chi connectivity index (χ3n) is 5.25. The van der Waals surface area contributed by atoms with Crippen LogP contribution in [0.4, 0.5) is 23.4 Å². The summed E-state index contributed by atoms with van der Waals surface area (Å²) in [6.45, 7) is 1.62. The summed E-state index contributed by atoms with van der Waals surface area (Å²) in [6, 6.07) is 4.42. The van der Waals surface area contributed by atoms with Crippen molar-refractivity contribution >= 4 is 22.6 Å². The van der Waals surface area contributed by atoms with E-state index < -0.39 is 30.6 Å². The van der Waals surface area contributed by atoms with E-state index in [9.17, 15) is 27.2 Å². The number of alkyl halides is 4. The van der Waals surface area contributed by atoms with Gasteiger partial charge in [0, 0.05) is 47.7 Å². The Balaban J connectivity index is 1.70. The Morgan fingerprint density at radius 2 is 1.90 bits per heavy atom. The van der Waals surface area contributed by atoms with E-state index in [4.69, 9.17) is 0 Å². The predicted molar refractivity (Wildman–Crippen MR) is 106 cm³/mol. The minimum Gasteiger partial charge on any atom is -0.311 e. The molecule has 1 amide bonds. The minimum atomic E-state index is -4.37. The topological polar surface area (TPSA) is 76.9 Å². The Morgan fingerprint density at radius 1 is 1.19 bits per heavy atom. The van der Waals surface area contributed by atoms with Crippen LogP contribution in [0.25, 0.3) is 22.0 Å². The van der Waals surface area contributed by atoms with Crippen molar-refractivity contribution < 1.29 is 22.4 Å². The highest BCUT2D eigenvalue weighted by Crippen LogP contribution is 2.34. The molecule has 1 N–H and O–H groups in total. The molecule has 3 aromatic heterocycles. The van der Waals surface area contributed by atoms with Gasteiger partial charge in [0.1, 0.15) is 12.0 Å². The van der Waals surface area contributed by atoms with E-state index >= 15 is 0 Å². The number of fused-ring (bicyclic) bond motifs is 1. The molecule has 162 valence electrons. The molecule has 0 aliphatic heterocycles. The number of pyridine rings is 3. The molecule has 1 aliphatic rings. The van der Waals surface area contributed by atoms with Crippen LogP contribution in [0, 0.1) is 12.8 Å². The molecule has 0 spiro atoms. The lowest BCUT2D eigenvalue weighted by atomic mass is 10.0. The second-order valence-electron chi connectivity index (χ2n) is 7.68. The van der Waals surface area contributed by atoms with Crippen LogP contribution in [-0.2, 0) is 18.3 Å².